The molecule has 2 fully saturated rings. The van der Waals surface area contributed by atoms with E-state index >= 15 is 0 Å². The lowest BCUT2D eigenvalue weighted by molar-refractivity contribution is -0.136. The van der Waals surface area contributed by atoms with Crippen molar-refractivity contribution in [2.45, 2.75) is 44.1 Å². The zero-order valence-corrected chi connectivity index (χ0v) is 16.8. The Bertz CT molecular complexity index is 1050. The third kappa shape index (κ3) is 3.44. The Morgan fingerprint density at radius 1 is 1.20 bits per heavy atom. The summed E-state index contributed by atoms with van der Waals surface area (Å²) in [7, 11) is 0. The highest BCUT2D eigenvalue weighted by atomic mass is 16.6. The largest absolute Gasteiger partial charge is 0.445 e. The van der Waals surface area contributed by atoms with E-state index in [1.807, 2.05) is 48.5 Å². The Morgan fingerprint density at radius 2 is 1.93 bits per heavy atom. The number of fused-ring (bicyclic) bond motifs is 3. The van der Waals surface area contributed by atoms with Crippen LogP contribution in [-0.4, -0.2) is 46.4 Å². The van der Waals surface area contributed by atoms with E-state index in [0.717, 1.165) is 16.6 Å². The van der Waals surface area contributed by atoms with Crippen molar-refractivity contribution in [1.29, 1.82) is 0 Å². The van der Waals surface area contributed by atoms with Gasteiger partial charge < -0.3 is 19.0 Å². The number of carbonyl (C=O) groups is 1. The maximum absolute atomic E-state index is 12.9. The predicted octanol–water partition coefficient (Wildman–Crippen LogP) is 3.52. The minimum Gasteiger partial charge on any atom is -0.445 e. The van der Waals surface area contributed by atoms with E-state index in [9.17, 15) is 9.90 Å². The van der Waals surface area contributed by atoms with Crippen molar-refractivity contribution in [3.8, 4) is 0 Å². The number of piperidine rings is 1. The average Bonchev–Trinajstić information content (AvgIpc) is 3.11. The molecule has 2 saturated heterocycles. The Kier molecular flexibility index (Phi) is 4.72. The summed E-state index contributed by atoms with van der Waals surface area (Å²) in [5.74, 6) is 0.593. The second-order valence-electron chi connectivity index (χ2n) is 8.15. The fraction of sp³-hybridized carbons (Fsp3) is 0.391. The van der Waals surface area contributed by atoms with Crippen LogP contribution in [0, 0.1) is 6.92 Å². The minimum atomic E-state index is -1.06. The molecule has 3 aromatic rings. The first-order valence-corrected chi connectivity index (χ1v) is 10.2. The SMILES string of the molecule is Cc1nc2cc(C3(O)CC4COCC(C3)N4C(=O)OCc3ccccc3)ccc2o1. The first kappa shape index (κ1) is 19.1. The van der Waals surface area contributed by atoms with Crippen LogP contribution in [0.3, 0.4) is 0 Å². The van der Waals surface area contributed by atoms with E-state index in [4.69, 9.17) is 13.9 Å². The molecule has 156 valence electrons. The van der Waals surface area contributed by atoms with Gasteiger partial charge in [-0.25, -0.2) is 9.78 Å². The maximum atomic E-state index is 12.9. The van der Waals surface area contributed by atoms with Gasteiger partial charge in [-0.2, -0.15) is 0 Å². The van der Waals surface area contributed by atoms with Gasteiger partial charge in [0.1, 0.15) is 12.1 Å². The van der Waals surface area contributed by atoms with Gasteiger partial charge in [0, 0.05) is 19.8 Å². The molecule has 0 radical (unpaired) electrons. The molecule has 1 amide bonds. The Balaban J connectivity index is 1.35. The molecule has 2 aliphatic heterocycles. The molecule has 1 aromatic heterocycles. The van der Waals surface area contributed by atoms with Crippen LogP contribution in [0.5, 0.6) is 0 Å². The normalized spacial score (nSPS) is 26.0. The quantitative estimate of drug-likeness (QED) is 0.714. The number of hydrogen-bond acceptors (Lipinski definition) is 6. The molecule has 2 atom stereocenters. The van der Waals surface area contributed by atoms with Gasteiger partial charge >= 0.3 is 6.09 Å². The number of aliphatic hydroxyl groups is 1. The molecule has 30 heavy (non-hydrogen) atoms. The molecule has 0 saturated carbocycles. The van der Waals surface area contributed by atoms with Crippen LogP contribution in [0.1, 0.15) is 29.9 Å². The number of ether oxygens (including phenoxy) is 2. The van der Waals surface area contributed by atoms with Crippen LogP contribution >= 0.6 is 0 Å². The number of nitrogens with zero attached hydrogens (tertiary/aromatic N) is 2. The van der Waals surface area contributed by atoms with Crippen molar-refractivity contribution < 1.29 is 23.8 Å². The van der Waals surface area contributed by atoms with Crippen LogP contribution < -0.4 is 0 Å². The molecule has 7 nitrogen and oxygen atoms in total. The molecule has 2 aliphatic rings. The van der Waals surface area contributed by atoms with Gasteiger partial charge in [-0.1, -0.05) is 36.4 Å². The summed E-state index contributed by atoms with van der Waals surface area (Å²) in [6, 6.07) is 14.7. The summed E-state index contributed by atoms with van der Waals surface area (Å²) in [5, 5.41) is 11.5. The number of aryl methyl sites for hydroxylation is 1. The monoisotopic (exact) mass is 408 g/mol. The summed E-state index contributed by atoms with van der Waals surface area (Å²) in [4.78, 5) is 19.0. The molecular weight excluding hydrogens is 384 g/mol. The summed E-state index contributed by atoms with van der Waals surface area (Å²) in [6.45, 7) is 2.79. The van der Waals surface area contributed by atoms with Crippen molar-refractivity contribution in [1.82, 2.24) is 9.88 Å². The average molecular weight is 408 g/mol. The van der Waals surface area contributed by atoms with Crippen molar-refractivity contribution in [2.75, 3.05) is 13.2 Å². The number of carbonyl (C=O) groups excluding carboxylic acids is 1. The van der Waals surface area contributed by atoms with Crippen LogP contribution in [0.25, 0.3) is 11.1 Å². The number of morpholine rings is 1. The Labute approximate surface area is 174 Å². The van der Waals surface area contributed by atoms with E-state index in [0.29, 0.717) is 37.5 Å². The molecule has 2 unspecified atom stereocenters. The highest BCUT2D eigenvalue weighted by molar-refractivity contribution is 5.74. The predicted molar refractivity (Wildman–Crippen MR) is 109 cm³/mol. The molecule has 0 aliphatic carbocycles. The van der Waals surface area contributed by atoms with Crippen molar-refractivity contribution in [3.05, 3.63) is 65.5 Å². The van der Waals surface area contributed by atoms with E-state index in [2.05, 4.69) is 4.98 Å². The summed E-state index contributed by atoms with van der Waals surface area (Å²) in [6.07, 6.45) is 0.403. The second kappa shape index (κ2) is 7.41. The van der Waals surface area contributed by atoms with Gasteiger partial charge in [-0.3, -0.25) is 4.90 Å². The fourth-order valence-electron chi connectivity index (χ4n) is 4.64. The van der Waals surface area contributed by atoms with Gasteiger partial charge in [0.05, 0.1) is 30.9 Å². The molecule has 0 spiro atoms. The van der Waals surface area contributed by atoms with Crippen molar-refractivity contribution >= 4 is 17.2 Å². The Morgan fingerprint density at radius 3 is 2.67 bits per heavy atom. The van der Waals surface area contributed by atoms with Crippen LogP contribution in [0.4, 0.5) is 4.79 Å². The maximum Gasteiger partial charge on any atom is 0.410 e. The third-order valence-corrected chi connectivity index (χ3v) is 6.00. The highest BCUT2D eigenvalue weighted by Gasteiger charge is 2.49. The van der Waals surface area contributed by atoms with Gasteiger partial charge in [-0.05, 0) is 23.3 Å². The van der Waals surface area contributed by atoms with Gasteiger partial charge in [0.2, 0.25) is 0 Å². The molecule has 3 heterocycles. The molecule has 5 rings (SSSR count). The number of amides is 1. The first-order chi connectivity index (χ1) is 14.5. The van der Waals surface area contributed by atoms with Gasteiger partial charge in [0.15, 0.2) is 11.5 Å². The Hall–Kier alpha value is -2.90. The van der Waals surface area contributed by atoms with E-state index in [-0.39, 0.29) is 24.8 Å². The summed E-state index contributed by atoms with van der Waals surface area (Å²) >= 11 is 0. The van der Waals surface area contributed by atoms with E-state index in [1.54, 1.807) is 11.8 Å². The number of rotatable bonds is 3. The number of oxazole rings is 1. The zero-order valence-electron chi connectivity index (χ0n) is 16.8. The van der Waals surface area contributed by atoms with Crippen LogP contribution in [-0.2, 0) is 21.7 Å². The molecule has 2 bridgehead atoms. The lowest BCUT2D eigenvalue weighted by atomic mass is 9.77. The first-order valence-electron chi connectivity index (χ1n) is 10.2. The molecule has 7 heteroatoms. The van der Waals surface area contributed by atoms with Crippen LogP contribution in [0.15, 0.2) is 52.9 Å². The van der Waals surface area contributed by atoms with Gasteiger partial charge in [-0.15, -0.1) is 0 Å². The molecular formula is C23H24N2O5. The lowest BCUT2D eigenvalue weighted by Crippen LogP contribution is -2.62. The number of benzene rings is 2. The van der Waals surface area contributed by atoms with Gasteiger partial charge in [0.25, 0.3) is 0 Å². The summed E-state index contributed by atoms with van der Waals surface area (Å²) < 4.78 is 16.8. The number of hydrogen-bond donors (Lipinski definition) is 1. The minimum absolute atomic E-state index is 0.225. The topological polar surface area (TPSA) is 85.0 Å². The molecule has 1 N–H and O–H groups in total. The highest BCUT2D eigenvalue weighted by Crippen LogP contribution is 2.42. The van der Waals surface area contributed by atoms with Crippen molar-refractivity contribution in [3.63, 3.8) is 0 Å². The molecule has 2 aromatic carbocycles. The fourth-order valence-corrected chi connectivity index (χ4v) is 4.64. The second-order valence-corrected chi connectivity index (χ2v) is 8.15. The summed E-state index contributed by atoms with van der Waals surface area (Å²) in [5.41, 5.74) is 2.10. The van der Waals surface area contributed by atoms with E-state index in [1.165, 1.54) is 0 Å². The number of aromatic nitrogens is 1. The van der Waals surface area contributed by atoms with Crippen molar-refractivity contribution in [2.24, 2.45) is 0 Å². The zero-order chi connectivity index (χ0) is 20.7. The van der Waals surface area contributed by atoms with Crippen LogP contribution in [0.2, 0.25) is 0 Å². The smallest absolute Gasteiger partial charge is 0.410 e. The standard InChI is InChI=1S/C23H24N2O5/c1-15-24-20-9-17(7-8-21(20)30-15)23(27)10-18-13-28-14-19(11-23)25(18)22(26)29-12-16-5-3-2-4-6-16/h2-9,18-19,27H,10-14H2,1H3. The lowest BCUT2D eigenvalue weighted by Gasteiger charge is -2.51. The third-order valence-electron chi connectivity index (χ3n) is 6.00. The van der Waals surface area contributed by atoms with E-state index < -0.39 is 5.60 Å².